The second-order valence-corrected chi connectivity index (χ2v) is 13.6. The molecular formula is C43H31NS. The first-order valence-electron chi connectivity index (χ1n) is 15.6. The molecule has 0 saturated carbocycles. The van der Waals surface area contributed by atoms with Crippen molar-refractivity contribution in [3.8, 4) is 22.3 Å². The number of nitrogens with zero attached hydrogens (tertiary/aromatic N) is 1. The fourth-order valence-electron chi connectivity index (χ4n) is 7.55. The van der Waals surface area contributed by atoms with E-state index in [2.05, 4.69) is 170 Å². The first-order valence-corrected chi connectivity index (χ1v) is 16.4. The van der Waals surface area contributed by atoms with Gasteiger partial charge in [-0.25, -0.2) is 0 Å². The van der Waals surface area contributed by atoms with E-state index in [4.69, 9.17) is 0 Å². The summed E-state index contributed by atoms with van der Waals surface area (Å²) >= 11 is 1.90. The van der Waals surface area contributed by atoms with Crippen molar-refractivity contribution in [2.45, 2.75) is 19.3 Å². The van der Waals surface area contributed by atoms with Gasteiger partial charge in [-0.2, -0.15) is 0 Å². The molecule has 1 nitrogen and oxygen atoms in total. The molecule has 1 aliphatic carbocycles. The number of fused-ring (bicyclic) bond motifs is 7. The van der Waals surface area contributed by atoms with Gasteiger partial charge in [-0.1, -0.05) is 141 Å². The molecule has 7 aromatic carbocycles. The molecular weight excluding hydrogens is 563 g/mol. The average molecular weight is 594 g/mol. The van der Waals surface area contributed by atoms with Crippen molar-refractivity contribution in [2.24, 2.45) is 0 Å². The quantitative estimate of drug-likeness (QED) is 0.196. The zero-order valence-corrected chi connectivity index (χ0v) is 26.1. The summed E-state index contributed by atoms with van der Waals surface area (Å²) in [6.07, 6.45) is 0. The van der Waals surface area contributed by atoms with E-state index in [0.29, 0.717) is 0 Å². The summed E-state index contributed by atoms with van der Waals surface area (Å²) in [6.45, 7) is 4.73. The minimum absolute atomic E-state index is 0.0990. The number of hydrogen-bond acceptors (Lipinski definition) is 2. The zero-order chi connectivity index (χ0) is 30.1. The molecule has 1 aliphatic rings. The van der Waals surface area contributed by atoms with Crippen molar-refractivity contribution in [3.63, 3.8) is 0 Å². The Morgan fingerprint density at radius 2 is 1.16 bits per heavy atom. The molecule has 0 amide bonds. The lowest BCUT2D eigenvalue weighted by molar-refractivity contribution is 0.660. The molecule has 0 unspecified atom stereocenters. The third-order valence-corrected chi connectivity index (χ3v) is 10.8. The van der Waals surface area contributed by atoms with E-state index >= 15 is 0 Å². The summed E-state index contributed by atoms with van der Waals surface area (Å²) in [5.41, 5.74) is 11.3. The van der Waals surface area contributed by atoms with Crippen molar-refractivity contribution >= 4 is 59.3 Å². The molecule has 9 rings (SSSR count). The van der Waals surface area contributed by atoms with Gasteiger partial charge >= 0.3 is 0 Å². The van der Waals surface area contributed by atoms with Crippen LogP contribution in [0, 0.1) is 0 Å². The average Bonchev–Trinajstić information content (AvgIpc) is 3.57. The van der Waals surface area contributed by atoms with Gasteiger partial charge in [0.1, 0.15) is 0 Å². The first-order chi connectivity index (χ1) is 22.1. The van der Waals surface area contributed by atoms with Gasteiger partial charge < -0.3 is 4.90 Å². The van der Waals surface area contributed by atoms with Crippen LogP contribution in [0.15, 0.2) is 152 Å². The van der Waals surface area contributed by atoms with Gasteiger partial charge in [0, 0.05) is 37.4 Å². The molecule has 45 heavy (non-hydrogen) atoms. The lowest BCUT2D eigenvalue weighted by Gasteiger charge is -2.32. The lowest BCUT2D eigenvalue weighted by Crippen LogP contribution is -2.16. The molecule has 0 fully saturated rings. The zero-order valence-electron chi connectivity index (χ0n) is 25.3. The van der Waals surface area contributed by atoms with Crippen LogP contribution in [0.1, 0.15) is 25.0 Å². The molecule has 0 saturated heterocycles. The third-order valence-electron chi connectivity index (χ3n) is 9.64. The van der Waals surface area contributed by atoms with Crippen LogP contribution in [0.25, 0.3) is 53.2 Å². The van der Waals surface area contributed by atoms with Gasteiger partial charge in [0.15, 0.2) is 0 Å². The number of hydrogen-bond donors (Lipinski definition) is 0. The number of thiophene rings is 1. The smallest absolute Gasteiger partial charge is 0.0719 e. The molecule has 0 bridgehead atoms. The molecule has 0 aliphatic heterocycles. The molecule has 0 radical (unpaired) electrons. The maximum Gasteiger partial charge on any atom is 0.0719 e. The van der Waals surface area contributed by atoms with Crippen LogP contribution in [0.5, 0.6) is 0 Å². The van der Waals surface area contributed by atoms with Crippen LogP contribution in [0.3, 0.4) is 0 Å². The molecule has 0 atom stereocenters. The van der Waals surface area contributed by atoms with Crippen LogP contribution >= 0.6 is 11.3 Å². The Morgan fingerprint density at radius 3 is 2.02 bits per heavy atom. The largest absolute Gasteiger partial charge is 0.307 e. The van der Waals surface area contributed by atoms with Crippen LogP contribution in [0.2, 0.25) is 0 Å². The van der Waals surface area contributed by atoms with E-state index in [9.17, 15) is 0 Å². The molecule has 0 spiro atoms. The molecule has 8 aromatic rings. The highest BCUT2D eigenvalue weighted by Crippen LogP contribution is 2.57. The summed E-state index contributed by atoms with van der Waals surface area (Å²) in [7, 11) is 0. The number of anilines is 3. The van der Waals surface area contributed by atoms with Crippen LogP contribution < -0.4 is 4.90 Å². The van der Waals surface area contributed by atoms with Crippen molar-refractivity contribution in [1.29, 1.82) is 0 Å². The van der Waals surface area contributed by atoms with E-state index in [-0.39, 0.29) is 5.41 Å². The first kappa shape index (κ1) is 26.2. The van der Waals surface area contributed by atoms with Crippen LogP contribution in [-0.2, 0) is 5.41 Å². The maximum absolute atomic E-state index is 2.58. The van der Waals surface area contributed by atoms with Crippen molar-refractivity contribution in [2.75, 3.05) is 4.90 Å². The maximum atomic E-state index is 2.58. The fraction of sp³-hybridized carbons (Fsp3) is 0.0698. The monoisotopic (exact) mass is 593 g/mol. The topological polar surface area (TPSA) is 3.24 Å². The van der Waals surface area contributed by atoms with Gasteiger partial charge in [-0.05, 0) is 51.9 Å². The van der Waals surface area contributed by atoms with Crippen LogP contribution in [0.4, 0.5) is 17.1 Å². The van der Waals surface area contributed by atoms with E-state index in [1.54, 1.807) is 0 Å². The van der Waals surface area contributed by atoms with E-state index < -0.39 is 0 Å². The minimum Gasteiger partial charge on any atom is -0.307 e. The lowest BCUT2D eigenvalue weighted by atomic mass is 9.82. The van der Waals surface area contributed by atoms with Crippen molar-refractivity contribution in [1.82, 2.24) is 0 Å². The van der Waals surface area contributed by atoms with E-state index in [1.807, 2.05) is 11.3 Å². The van der Waals surface area contributed by atoms with Crippen LogP contribution in [-0.4, -0.2) is 0 Å². The second kappa shape index (κ2) is 9.92. The van der Waals surface area contributed by atoms with Crippen molar-refractivity contribution in [3.05, 3.63) is 163 Å². The Bertz CT molecular complexity index is 2410. The number of para-hydroxylation sites is 1. The Hall–Kier alpha value is -5.18. The SMILES string of the molecule is CC1(C)c2ccccc2-c2c(N(c3ccccc3-c3ccccc3)c3c4ccccc4cc4c3sc3ccccc34)cccc21. The highest BCUT2D eigenvalue weighted by molar-refractivity contribution is 7.26. The van der Waals surface area contributed by atoms with E-state index in [0.717, 1.165) is 0 Å². The summed E-state index contributed by atoms with van der Waals surface area (Å²) in [5, 5.41) is 5.12. The Balaban J connectivity index is 1.47. The summed E-state index contributed by atoms with van der Waals surface area (Å²) in [4.78, 5) is 2.58. The van der Waals surface area contributed by atoms with Gasteiger partial charge in [0.05, 0.1) is 21.8 Å². The van der Waals surface area contributed by atoms with Gasteiger partial charge in [0.2, 0.25) is 0 Å². The highest BCUT2D eigenvalue weighted by Gasteiger charge is 2.38. The van der Waals surface area contributed by atoms with Crippen molar-refractivity contribution < 1.29 is 0 Å². The predicted octanol–water partition coefficient (Wildman–Crippen LogP) is 12.7. The summed E-state index contributed by atoms with van der Waals surface area (Å²) in [5.74, 6) is 0. The molecule has 1 aromatic heterocycles. The molecule has 0 N–H and O–H groups in total. The fourth-order valence-corrected chi connectivity index (χ4v) is 8.78. The highest BCUT2D eigenvalue weighted by atomic mass is 32.1. The Morgan fingerprint density at radius 1 is 0.511 bits per heavy atom. The third kappa shape index (κ3) is 3.86. The molecule has 2 heteroatoms. The Kier molecular flexibility index (Phi) is 5.78. The van der Waals surface area contributed by atoms with Gasteiger partial charge in [-0.3, -0.25) is 0 Å². The Labute approximate surface area is 267 Å². The number of benzene rings is 7. The predicted molar refractivity (Wildman–Crippen MR) is 195 cm³/mol. The minimum atomic E-state index is -0.0990. The summed E-state index contributed by atoms with van der Waals surface area (Å²) < 4.78 is 2.62. The standard InChI is InChI=1S/C43H31NS/c1-43(2)35-22-11-8-21-33(35)40-36(43)23-14-25-38(40)44(37-24-12-9-18-30(37)28-15-4-3-5-16-28)41-31-19-7-6-17-29(31)27-34-32-20-10-13-26-39(32)45-42(34)41/h3-27H,1-2H3. The van der Waals surface area contributed by atoms with E-state index in [1.165, 1.54) is 81.4 Å². The second-order valence-electron chi connectivity index (χ2n) is 12.5. The van der Waals surface area contributed by atoms with Gasteiger partial charge in [0.25, 0.3) is 0 Å². The normalized spacial score (nSPS) is 13.3. The van der Waals surface area contributed by atoms with Gasteiger partial charge in [-0.15, -0.1) is 11.3 Å². The molecule has 214 valence electrons. The molecule has 1 heterocycles. The summed E-state index contributed by atoms with van der Waals surface area (Å²) in [6, 6.07) is 55.8. The number of rotatable bonds is 4.